The van der Waals surface area contributed by atoms with Crippen LogP contribution in [0, 0.1) is 12.3 Å². The minimum atomic E-state index is -0.204. The van der Waals surface area contributed by atoms with Crippen LogP contribution < -0.4 is 11.1 Å². The summed E-state index contributed by atoms with van der Waals surface area (Å²) in [6.45, 7) is 13.0. The van der Waals surface area contributed by atoms with Crippen molar-refractivity contribution in [1.82, 2.24) is 4.98 Å². The molecule has 4 N–H and O–H groups in total. The minimum absolute atomic E-state index is 0.147. The molecule has 188 valence electrons. The van der Waals surface area contributed by atoms with Crippen LogP contribution in [0.25, 0.3) is 0 Å². The van der Waals surface area contributed by atoms with E-state index in [0.29, 0.717) is 0 Å². The number of nitrogens with two attached hydrogens (primary N) is 1. The average molecular weight is 483 g/mol. The SMILES string of the molecule is CC(C)=CCCC(C)=CCCC(C)=CCCC(C)=CCSCC(Nc1ccc(C)cn1)C(=N)N. The zero-order valence-corrected chi connectivity index (χ0v) is 23.0. The van der Waals surface area contributed by atoms with Crippen molar-refractivity contribution in [2.24, 2.45) is 5.73 Å². The molecule has 0 bridgehead atoms. The molecule has 0 aliphatic carbocycles. The Morgan fingerprint density at radius 2 is 1.50 bits per heavy atom. The van der Waals surface area contributed by atoms with Gasteiger partial charge in [-0.15, -0.1) is 0 Å². The number of aryl methyl sites for hydroxylation is 1. The Morgan fingerprint density at radius 3 is 2.00 bits per heavy atom. The van der Waals surface area contributed by atoms with Gasteiger partial charge in [-0.25, -0.2) is 4.98 Å². The molecule has 4 nitrogen and oxygen atoms in total. The van der Waals surface area contributed by atoms with Crippen molar-refractivity contribution in [2.45, 2.75) is 86.1 Å². The largest absolute Gasteiger partial charge is 0.386 e. The maximum absolute atomic E-state index is 7.86. The summed E-state index contributed by atoms with van der Waals surface area (Å²) in [4.78, 5) is 4.35. The third-order valence-corrected chi connectivity index (χ3v) is 6.57. The number of allylic oxidation sites excluding steroid dienone is 7. The monoisotopic (exact) mass is 482 g/mol. The molecule has 0 amide bonds. The van der Waals surface area contributed by atoms with Gasteiger partial charge in [0.2, 0.25) is 0 Å². The van der Waals surface area contributed by atoms with E-state index >= 15 is 0 Å². The Bertz CT molecular complexity index is 859. The topological polar surface area (TPSA) is 74.8 Å². The van der Waals surface area contributed by atoms with E-state index in [9.17, 15) is 0 Å². The second-order valence-electron chi connectivity index (χ2n) is 9.46. The van der Waals surface area contributed by atoms with Gasteiger partial charge in [0, 0.05) is 17.7 Å². The molecule has 0 spiro atoms. The predicted octanol–water partition coefficient (Wildman–Crippen LogP) is 7.99. The normalized spacial score (nSPS) is 13.5. The molecule has 0 saturated heterocycles. The van der Waals surface area contributed by atoms with Gasteiger partial charge in [0.15, 0.2) is 0 Å². The van der Waals surface area contributed by atoms with E-state index in [4.69, 9.17) is 11.1 Å². The molecule has 1 aromatic rings. The van der Waals surface area contributed by atoms with Crippen LogP contribution in [-0.2, 0) is 0 Å². The molecule has 34 heavy (non-hydrogen) atoms. The number of hydrogen-bond donors (Lipinski definition) is 3. The molecule has 1 rings (SSSR count). The molecule has 0 fully saturated rings. The number of nitrogens with one attached hydrogen (secondary N) is 2. The van der Waals surface area contributed by atoms with Gasteiger partial charge in [-0.3, -0.25) is 5.41 Å². The molecule has 0 aliphatic rings. The summed E-state index contributed by atoms with van der Waals surface area (Å²) >= 11 is 1.79. The van der Waals surface area contributed by atoms with Gasteiger partial charge in [0.25, 0.3) is 0 Å². The predicted molar refractivity (Wildman–Crippen MR) is 154 cm³/mol. The summed E-state index contributed by atoms with van der Waals surface area (Å²) in [5, 5.41) is 11.1. The van der Waals surface area contributed by atoms with Crippen LogP contribution in [0.2, 0.25) is 0 Å². The summed E-state index contributed by atoms with van der Waals surface area (Å²) in [6.07, 6.45) is 18.0. The van der Waals surface area contributed by atoms with E-state index in [2.05, 4.69) is 69.2 Å². The molecule has 0 aromatic carbocycles. The van der Waals surface area contributed by atoms with Crippen molar-refractivity contribution in [1.29, 1.82) is 5.41 Å². The van der Waals surface area contributed by atoms with Crippen molar-refractivity contribution in [3.8, 4) is 0 Å². The third kappa shape index (κ3) is 14.8. The molecular weight excluding hydrogens is 436 g/mol. The lowest BCUT2D eigenvalue weighted by atomic mass is 10.0. The lowest BCUT2D eigenvalue weighted by Gasteiger charge is -2.17. The smallest absolute Gasteiger partial charge is 0.126 e. The quantitative estimate of drug-likeness (QED) is 0.0966. The molecule has 1 unspecified atom stereocenters. The molecule has 0 aliphatic heterocycles. The van der Waals surface area contributed by atoms with E-state index in [-0.39, 0.29) is 11.9 Å². The zero-order valence-electron chi connectivity index (χ0n) is 22.2. The van der Waals surface area contributed by atoms with E-state index in [1.54, 1.807) is 11.8 Å². The number of hydrogen-bond acceptors (Lipinski definition) is 4. The highest BCUT2D eigenvalue weighted by Crippen LogP contribution is 2.15. The van der Waals surface area contributed by atoms with Crippen molar-refractivity contribution in [3.63, 3.8) is 0 Å². The van der Waals surface area contributed by atoms with Gasteiger partial charge < -0.3 is 11.1 Å². The van der Waals surface area contributed by atoms with Gasteiger partial charge in [-0.2, -0.15) is 11.8 Å². The number of rotatable bonds is 16. The number of thioether (sulfide) groups is 1. The van der Waals surface area contributed by atoms with E-state index in [1.807, 2.05) is 25.3 Å². The lowest BCUT2D eigenvalue weighted by Crippen LogP contribution is -2.37. The number of pyridine rings is 1. The average Bonchev–Trinajstić information content (AvgIpc) is 2.76. The number of anilines is 1. The summed E-state index contributed by atoms with van der Waals surface area (Å²) in [7, 11) is 0. The van der Waals surface area contributed by atoms with Crippen molar-refractivity contribution < 1.29 is 0 Å². The number of amidine groups is 1. The van der Waals surface area contributed by atoms with Crippen LogP contribution in [0.5, 0.6) is 0 Å². The van der Waals surface area contributed by atoms with E-state index in [1.165, 1.54) is 28.7 Å². The molecule has 1 heterocycles. The van der Waals surface area contributed by atoms with Gasteiger partial charge >= 0.3 is 0 Å². The van der Waals surface area contributed by atoms with Crippen LogP contribution in [0.4, 0.5) is 5.82 Å². The van der Waals surface area contributed by atoms with E-state index < -0.39 is 0 Å². The highest BCUT2D eigenvalue weighted by atomic mass is 32.2. The Labute approximate surface area is 212 Å². The summed E-state index contributed by atoms with van der Waals surface area (Å²) in [5.41, 5.74) is 12.7. The molecule has 0 saturated carbocycles. The molecule has 1 aromatic heterocycles. The highest BCUT2D eigenvalue weighted by molar-refractivity contribution is 7.99. The number of nitrogens with zero attached hydrogens (tertiary/aromatic N) is 1. The molecule has 5 heteroatoms. The van der Waals surface area contributed by atoms with Gasteiger partial charge in [0.05, 0.1) is 6.04 Å². The first-order valence-corrected chi connectivity index (χ1v) is 13.5. The third-order valence-electron chi connectivity index (χ3n) is 5.60. The summed E-state index contributed by atoms with van der Waals surface area (Å²) < 4.78 is 0. The van der Waals surface area contributed by atoms with Crippen molar-refractivity contribution in [2.75, 3.05) is 16.8 Å². The molecule has 1 atom stereocenters. The lowest BCUT2D eigenvalue weighted by molar-refractivity contribution is 0.899. The van der Waals surface area contributed by atoms with Crippen LogP contribution >= 0.6 is 11.8 Å². The first kappa shape index (κ1) is 29.8. The number of aromatic nitrogens is 1. The maximum Gasteiger partial charge on any atom is 0.126 e. The standard InChI is InChI=1S/C29H46N4S/c1-22(2)10-7-11-23(3)12-8-13-24(4)14-9-15-25(5)18-19-34-21-27(29(30)31)33-28-17-16-26(6)20-32-28/h10,12,14,16-18,20,27H,7-9,11,13,15,19,21H2,1-6H3,(H3,30,31)(H,32,33). The van der Waals surface area contributed by atoms with Crippen LogP contribution in [0.3, 0.4) is 0 Å². The van der Waals surface area contributed by atoms with Gasteiger partial charge in [0.1, 0.15) is 11.7 Å². The maximum atomic E-state index is 7.86. The van der Waals surface area contributed by atoms with E-state index in [0.717, 1.165) is 55.0 Å². The summed E-state index contributed by atoms with van der Waals surface area (Å²) in [5.74, 6) is 2.58. The second-order valence-corrected chi connectivity index (χ2v) is 10.5. The summed E-state index contributed by atoms with van der Waals surface area (Å²) in [6, 6.07) is 3.73. The first-order chi connectivity index (χ1) is 16.2. The van der Waals surface area contributed by atoms with Crippen LogP contribution in [0.1, 0.15) is 78.7 Å². The minimum Gasteiger partial charge on any atom is -0.386 e. The van der Waals surface area contributed by atoms with Crippen molar-refractivity contribution in [3.05, 3.63) is 70.5 Å². The highest BCUT2D eigenvalue weighted by Gasteiger charge is 2.12. The van der Waals surface area contributed by atoms with Crippen molar-refractivity contribution >= 4 is 23.4 Å². The Kier molecular flexibility index (Phi) is 15.1. The Morgan fingerprint density at radius 1 is 0.941 bits per heavy atom. The fourth-order valence-electron chi connectivity index (χ4n) is 3.32. The van der Waals surface area contributed by atoms with Crippen LogP contribution in [0.15, 0.2) is 64.9 Å². The van der Waals surface area contributed by atoms with Crippen LogP contribution in [-0.4, -0.2) is 28.4 Å². The fraction of sp³-hybridized carbons (Fsp3) is 0.517. The Balaban J connectivity index is 2.30. The van der Waals surface area contributed by atoms with Gasteiger partial charge in [-0.05, 0) is 91.7 Å². The molecule has 0 radical (unpaired) electrons. The Hall–Kier alpha value is -2.27. The second kappa shape index (κ2) is 17.2. The first-order valence-electron chi connectivity index (χ1n) is 12.4. The molecular formula is C29H46N4S. The van der Waals surface area contributed by atoms with Gasteiger partial charge in [-0.1, -0.05) is 52.7 Å². The fourth-order valence-corrected chi connectivity index (χ4v) is 4.35. The zero-order chi connectivity index (χ0) is 25.3.